The first-order chi connectivity index (χ1) is 10.1. The number of carbonyl (C=O) groups is 2. The van der Waals surface area contributed by atoms with Crippen LogP contribution in [0.1, 0.15) is 66.2 Å². The minimum Gasteiger partial charge on any atom is -0.479 e. The van der Waals surface area contributed by atoms with Crippen LogP contribution in [-0.2, 0) is 9.59 Å². The van der Waals surface area contributed by atoms with Crippen LogP contribution in [0.25, 0.3) is 0 Å². The van der Waals surface area contributed by atoms with Gasteiger partial charge in [0.25, 0.3) is 0 Å². The highest BCUT2D eigenvalue weighted by molar-refractivity contribution is 5.91. The summed E-state index contributed by atoms with van der Waals surface area (Å²) in [7, 11) is 0. The maximum atomic E-state index is 11.7. The fraction of sp³-hybridized carbons (Fsp3) is 0.875. The molecule has 4 atom stereocenters. The Bertz CT molecular complexity index is 347. The summed E-state index contributed by atoms with van der Waals surface area (Å²) in [5.74, 6) is -5.14. The van der Waals surface area contributed by atoms with Crippen molar-refractivity contribution in [1.82, 2.24) is 0 Å². The van der Waals surface area contributed by atoms with Gasteiger partial charge in [-0.1, -0.05) is 53.4 Å². The SMILES string of the molecule is CCCCC(C)C(O)(C(=O)O)C(O)(C(=O)O)C(C)CCCC. The van der Waals surface area contributed by atoms with Gasteiger partial charge in [-0.25, -0.2) is 9.59 Å². The number of aliphatic hydroxyl groups is 2. The molecule has 0 aromatic carbocycles. The molecule has 0 heterocycles. The van der Waals surface area contributed by atoms with E-state index in [1.54, 1.807) is 0 Å². The molecular formula is C16H30O6. The summed E-state index contributed by atoms with van der Waals surface area (Å²) in [6.07, 6.45) is 3.53. The first-order valence-electron chi connectivity index (χ1n) is 8.02. The maximum absolute atomic E-state index is 11.7. The zero-order chi connectivity index (χ0) is 17.6. The van der Waals surface area contributed by atoms with Gasteiger partial charge in [-0.3, -0.25) is 0 Å². The molecule has 0 bridgehead atoms. The molecule has 0 radical (unpaired) electrons. The van der Waals surface area contributed by atoms with E-state index in [-0.39, 0.29) is 0 Å². The van der Waals surface area contributed by atoms with Crippen LogP contribution < -0.4 is 0 Å². The lowest BCUT2D eigenvalue weighted by Gasteiger charge is -2.44. The molecule has 0 fully saturated rings. The van der Waals surface area contributed by atoms with Gasteiger partial charge in [-0.15, -0.1) is 0 Å². The average Bonchev–Trinajstić information content (AvgIpc) is 2.47. The molecule has 0 aliphatic heterocycles. The fourth-order valence-corrected chi connectivity index (χ4v) is 2.94. The Kier molecular flexibility index (Phi) is 8.04. The van der Waals surface area contributed by atoms with E-state index in [1.807, 2.05) is 13.8 Å². The molecule has 0 saturated heterocycles. The Morgan fingerprint density at radius 1 is 0.818 bits per heavy atom. The van der Waals surface area contributed by atoms with Gasteiger partial charge in [0.05, 0.1) is 0 Å². The molecule has 4 unspecified atom stereocenters. The Morgan fingerprint density at radius 2 is 1.09 bits per heavy atom. The van der Waals surface area contributed by atoms with Gasteiger partial charge in [0.2, 0.25) is 11.2 Å². The Balaban J connectivity index is 5.79. The van der Waals surface area contributed by atoms with Gasteiger partial charge in [-0.2, -0.15) is 0 Å². The molecule has 0 spiro atoms. The van der Waals surface area contributed by atoms with E-state index in [9.17, 15) is 30.0 Å². The second-order valence-corrected chi connectivity index (χ2v) is 6.23. The van der Waals surface area contributed by atoms with Crippen molar-refractivity contribution in [2.45, 2.75) is 77.4 Å². The van der Waals surface area contributed by atoms with Crippen molar-refractivity contribution in [2.24, 2.45) is 11.8 Å². The highest BCUT2D eigenvalue weighted by atomic mass is 16.5. The van der Waals surface area contributed by atoms with Crippen molar-refractivity contribution in [2.75, 3.05) is 0 Å². The number of carboxylic acid groups (broad SMARTS) is 2. The van der Waals surface area contributed by atoms with Crippen LogP contribution in [0.2, 0.25) is 0 Å². The van der Waals surface area contributed by atoms with Crippen molar-refractivity contribution in [3.63, 3.8) is 0 Å². The number of unbranched alkanes of at least 4 members (excludes halogenated alkanes) is 2. The van der Waals surface area contributed by atoms with Crippen LogP contribution in [0.4, 0.5) is 0 Å². The molecule has 0 aliphatic rings. The lowest BCUT2D eigenvalue weighted by Crippen LogP contribution is -2.69. The number of hydrogen-bond acceptors (Lipinski definition) is 4. The zero-order valence-corrected chi connectivity index (χ0v) is 14.0. The van der Waals surface area contributed by atoms with E-state index >= 15 is 0 Å². The zero-order valence-electron chi connectivity index (χ0n) is 14.0. The fourth-order valence-electron chi connectivity index (χ4n) is 2.94. The molecular weight excluding hydrogens is 288 g/mol. The van der Waals surface area contributed by atoms with E-state index in [0.717, 1.165) is 12.8 Å². The molecule has 0 aromatic heterocycles. The summed E-state index contributed by atoms with van der Waals surface area (Å²) in [6.45, 7) is 6.79. The first-order valence-corrected chi connectivity index (χ1v) is 8.02. The van der Waals surface area contributed by atoms with E-state index in [4.69, 9.17) is 0 Å². The van der Waals surface area contributed by atoms with Crippen LogP contribution in [0.5, 0.6) is 0 Å². The molecule has 130 valence electrons. The summed E-state index contributed by atoms with van der Waals surface area (Å²) < 4.78 is 0. The minimum atomic E-state index is -2.72. The third-order valence-electron chi connectivity index (χ3n) is 4.64. The lowest BCUT2D eigenvalue weighted by atomic mass is 9.66. The molecule has 0 amide bonds. The highest BCUT2D eigenvalue weighted by Gasteiger charge is 2.65. The molecule has 0 aromatic rings. The average molecular weight is 318 g/mol. The highest BCUT2D eigenvalue weighted by Crippen LogP contribution is 2.40. The van der Waals surface area contributed by atoms with E-state index < -0.39 is 35.0 Å². The molecule has 4 N–H and O–H groups in total. The van der Waals surface area contributed by atoms with Crippen molar-refractivity contribution in [3.8, 4) is 0 Å². The van der Waals surface area contributed by atoms with Crippen LogP contribution in [0.3, 0.4) is 0 Å². The van der Waals surface area contributed by atoms with Crippen molar-refractivity contribution in [3.05, 3.63) is 0 Å². The summed E-state index contributed by atoms with van der Waals surface area (Å²) in [5.41, 5.74) is -5.44. The Morgan fingerprint density at radius 3 is 1.27 bits per heavy atom. The smallest absolute Gasteiger partial charge is 0.339 e. The number of aliphatic carboxylic acids is 2. The lowest BCUT2D eigenvalue weighted by molar-refractivity contribution is -0.229. The Hall–Kier alpha value is -1.14. The van der Waals surface area contributed by atoms with Crippen LogP contribution in [0, 0.1) is 11.8 Å². The van der Waals surface area contributed by atoms with E-state index in [1.165, 1.54) is 13.8 Å². The first kappa shape index (κ1) is 20.9. The topological polar surface area (TPSA) is 115 Å². The maximum Gasteiger partial charge on any atom is 0.339 e. The molecule has 6 heteroatoms. The van der Waals surface area contributed by atoms with E-state index in [0.29, 0.717) is 25.7 Å². The minimum absolute atomic E-state index is 0.329. The second kappa shape index (κ2) is 8.48. The molecule has 0 saturated carbocycles. The predicted octanol–water partition coefficient (Wildman–Crippen LogP) is 2.27. The third-order valence-corrected chi connectivity index (χ3v) is 4.64. The monoisotopic (exact) mass is 318 g/mol. The van der Waals surface area contributed by atoms with Gasteiger partial charge < -0.3 is 20.4 Å². The van der Waals surface area contributed by atoms with Gasteiger partial charge in [0, 0.05) is 0 Å². The standard InChI is InChI=1S/C16H30O6/c1-5-7-9-11(3)15(21,13(17)18)16(22,14(19)20)12(4)10-8-6-2/h11-12,21-22H,5-10H2,1-4H3,(H,17,18)(H,19,20). The van der Waals surface area contributed by atoms with Gasteiger partial charge in [0.1, 0.15) is 0 Å². The third kappa shape index (κ3) is 3.79. The summed E-state index contributed by atoms with van der Waals surface area (Å²) in [6, 6.07) is 0. The second-order valence-electron chi connectivity index (χ2n) is 6.23. The van der Waals surface area contributed by atoms with Crippen LogP contribution in [-0.4, -0.2) is 43.6 Å². The van der Waals surface area contributed by atoms with Crippen molar-refractivity contribution >= 4 is 11.9 Å². The van der Waals surface area contributed by atoms with Gasteiger partial charge in [0.15, 0.2) is 0 Å². The number of rotatable bonds is 11. The molecule has 6 nitrogen and oxygen atoms in total. The molecule has 0 aliphatic carbocycles. The number of hydrogen-bond donors (Lipinski definition) is 4. The summed E-state index contributed by atoms with van der Waals surface area (Å²) >= 11 is 0. The van der Waals surface area contributed by atoms with Crippen LogP contribution in [0.15, 0.2) is 0 Å². The van der Waals surface area contributed by atoms with E-state index in [2.05, 4.69) is 0 Å². The summed E-state index contributed by atoms with van der Waals surface area (Å²) in [5, 5.41) is 40.4. The van der Waals surface area contributed by atoms with Crippen molar-refractivity contribution < 1.29 is 30.0 Å². The van der Waals surface area contributed by atoms with Gasteiger partial charge in [-0.05, 0) is 24.7 Å². The molecule has 0 rings (SSSR count). The Labute approximate surface area is 132 Å². The van der Waals surface area contributed by atoms with Crippen molar-refractivity contribution in [1.29, 1.82) is 0 Å². The molecule has 22 heavy (non-hydrogen) atoms. The predicted molar refractivity (Wildman–Crippen MR) is 82.5 cm³/mol. The number of carboxylic acids is 2. The normalized spacial score (nSPS) is 19.7. The quantitative estimate of drug-likeness (QED) is 0.464. The van der Waals surface area contributed by atoms with Gasteiger partial charge >= 0.3 is 11.9 Å². The summed E-state index contributed by atoms with van der Waals surface area (Å²) in [4.78, 5) is 23.4. The van der Waals surface area contributed by atoms with Crippen LogP contribution >= 0.6 is 0 Å². The largest absolute Gasteiger partial charge is 0.479 e.